The summed E-state index contributed by atoms with van der Waals surface area (Å²) in [6.07, 6.45) is -10.9. The van der Waals surface area contributed by atoms with E-state index >= 15 is 0 Å². The van der Waals surface area contributed by atoms with Crippen LogP contribution in [-0.4, -0.2) is 65.5 Å². The molecule has 0 rings (SSSR count). The summed E-state index contributed by atoms with van der Waals surface area (Å²) in [6.45, 7) is 0. The zero-order valence-corrected chi connectivity index (χ0v) is 19.3. The first-order chi connectivity index (χ1) is 15.5. The van der Waals surface area contributed by atoms with Gasteiger partial charge in [-0.15, -0.1) is 33.2 Å². The lowest BCUT2D eigenvalue weighted by molar-refractivity contribution is -0.474. The Morgan fingerprint density at radius 2 is 0.568 bits per heavy atom. The fourth-order valence-corrected chi connectivity index (χ4v) is 3.49. The van der Waals surface area contributed by atoms with Crippen molar-refractivity contribution in [2.24, 2.45) is 0 Å². The van der Waals surface area contributed by atoms with Crippen LogP contribution in [0.1, 0.15) is 6.42 Å². The first-order valence-corrected chi connectivity index (χ1v) is 13.2. The van der Waals surface area contributed by atoms with Gasteiger partial charge in [0.1, 0.15) is 0 Å². The van der Waals surface area contributed by atoms with Crippen molar-refractivity contribution in [3.05, 3.63) is 0 Å². The van der Waals surface area contributed by atoms with Crippen molar-refractivity contribution < 1.29 is 92.2 Å². The largest absolute Gasteiger partial charge is 0.460 e. The minimum absolute atomic E-state index is 1.86. The molecule has 0 aliphatic heterocycles. The van der Waals surface area contributed by atoms with Gasteiger partial charge in [0.2, 0.25) is 0 Å². The van der Waals surface area contributed by atoms with Crippen LogP contribution in [0.4, 0.5) is 92.2 Å². The molecule has 0 fully saturated rings. The Balaban J connectivity index is 6.95. The monoisotopic (exact) mass is 680 g/mol. The molecule has 0 aliphatic rings. The van der Waals surface area contributed by atoms with Crippen molar-refractivity contribution in [3.8, 4) is 0 Å². The van der Waals surface area contributed by atoms with Crippen molar-refractivity contribution >= 4 is 39.2 Å². The van der Waals surface area contributed by atoms with Crippen LogP contribution in [0, 0.1) is 0 Å². The Bertz CT molecular complexity index is 826. The number of rotatable bonds is 11. The van der Waals surface area contributed by atoms with E-state index in [-0.39, 0.29) is 0 Å². The van der Waals surface area contributed by atoms with Gasteiger partial charge in [0.25, 0.3) is 0 Å². The lowest BCUT2D eigenvalue weighted by Gasteiger charge is -2.44. The second-order valence-corrected chi connectivity index (χ2v) is 16.2. The molecule has 0 aromatic rings. The van der Waals surface area contributed by atoms with Gasteiger partial charge >= 0.3 is 65.5 Å². The van der Waals surface area contributed by atoms with E-state index in [1.54, 1.807) is 0 Å². The van der Waals surface area contributed by atoms with Crippen molar-refractivity contribution in [3.63, 3.8) is 0 Å². The lowest BCUT2D eigenvalue weighted by atomic mass is 9.86. The van der Waals surface area contributed by atoms with E-state index < -0.39 is 77.9 Å². The third-order valence-electron chi connectivity index (χ3n) is 4.30. The van der Waals surface area contributed by atoms with Crippen LogP contribution in [0.2, 0.25) is 6.04 Å². The minimum atomic E-state index is -9.19. The average molecular weight is 682 g/mol. The van der Waals surface area contributed by atoms with E-state index in [4.69, 9.17) is 33.2 Å². The summed E-state index contributed by atoms with van der Waals surface area (Å²) in [4.78, 5) is 0. The van der Waals surface area contributed by atoms with Crippen molar-refractivity contribution in [2.75, 3.05) is 0 Å². The second-order valence-electron chi connectivity index (χ2n) is 6.91. The molecule has 0 saturated carbocycles. The molecule has 0 spiro atoms. The van der Waals surface area contributed by atoms with Gasteiger partial charge in [-0.3, -0.25) is 0 Å². The highest BCUT2D eigenvalue weighted by Crippen LogP contribution is 2.66. The Morgan fingerprint density at radius 1 is 0.351 bits per heavy atom. The van der Waals surface area contributed by atoms with Gasteiger partial charge in [0.15, 0.2) is 0 Å². The molecular formula is C12H4Cl3F21Si. The molecular weight excluding hydrogens is 678 g/mol. The van der Waals surface area contributed by atoms with Crippen LogP contribution in [0.25, 0.3) is 0 Å². The molecule has 0 saturated heterocycles. The highest BCUT2D eigenvalue weighted by molar-refractivity contribution is 7.64. The number of hydrogen-bond acceptors (Lipinski definition) is 0. The molecule has 25 heteroatoms. The van der Waals surface area contributed by atoms with E-state index in [9.17, 15) is 92.2 Å². The smallest absolute Gasteiger partial charge is 0.200 e. The average Bonchev–Trinajstić information content (AvgIpc) is 2.63. The van der Waals surface area contributed by atoms with Crippen LogP contribution in [0.5, 0.6) is 0 Å². The Labute approximate surface area is 204 Å². The predicted molar refractivity (Wildman–Crippen MR) is 83.3 cm³/mol. The first-order valence-electron chi connectivity index (χ1n) is 7.99. The summed E-state index contributed by atoms with van der Waals surface area (Å²) in [5.41, 5.74) is 0. The summed E-state index contributed by atoms with van der Waals surface area (Å²) in [5.74, 6) is -77.2. The Morgan fingerprint density at radius 3 is 0.784 bits per heavy atom. The number of halogens is 24. The SMILES string of the molecule is FC(F)(F)C(F)(F)C(F)(F)C(F)(F)C(F)(F)C(F)(F)C(F)(F)C(F)(F)C(F)(F)C(F)(F)CC[Si](Cl)(Cl)Cl. The topological polar surface area (TPSA) is 0 Å². The van der Waals surface area contributed by atoms with Crippen LogP contribution in [0.3, 0.4) is 0 Å². The van der Waals surface area contributed by atoms with Crippen LogP contribution in [0.15, 0.2) is 0 Å². The van der Waals surface area contributed by atoms with Gasteiger partial charge < -0.3 is 0 Å². The number of hydrogen-bond donors (Lipinski definition) is 0. The van der Waals surface area contributed by atoms with Crippen LogP contribution in [-0.2, 0) is 0 Å². The molecule has 224 valence electrons. The zero-order valence-electron chi connectivity index (χ0n) is 16.0. The molecule has 0 atom stereocenters. The second kappa shape index (κ2) is 9.34. The summed E-state index contributed by atoms with van der Waals surface area (Å²) >= 11 is 14.8. The normalized spacial score (nSPS) is 16.9. The van der Waals surface area contributed by atoms with Crippen molar-refractivity contribution in [1.82, 2.24) is 0 Å². The van der Waals surface area contributed by atoms with Gasteiger partial charge in [-0.25, -0.2) is 0 Å². The molecule has 0 aliphatic carbocycles. The van der Waals surface area contributed by atoms with E-state index in [0.29, 0.717) is 0 Å². The molecule has 0 aromatic carbocycles. The first kappa shape index (κ1) is 36.6. The van der Waals surface area contributed by atoms with Gasteiger partial charge in [-0.2, -0.15) is 92.2 Å². The fourth-order valence-electron chi connectivity index (χ4n) is 2.05. The summed E-state index contributed by atoms with van der Waals surface area (Å²) in [5, 5.41) is 0. The lowest BCUT2D eigenvalue weighted by Crippen LogP contribution is -2.76. The van der Waals surface area contributed by atoms with Gasteiger partial charge in [-0.05, 0) is 6.04 Å². The zero-order chi connectivity index (χ0) is 30.9. The van der Waals surface area contributed by atoms with Gasteiger partial charge in [-0.1, -0.05) is 0 Å². The molecule has 0 heterocycles. The van der Waals surface area contributed by atoms with Crippen molar-refractivity contribution in [2.45, 2.75) is 71.9 Å². The minimum Gasteiger partial charge on any atom is -0.200 e. The van der Waals surface area contributed by atoms with Gasteiger partial charge in [0.05, 0.1) is 0 Å². The fraction of sp³-hybridized carbons (Fsp3) is 1.00. The van der Waals surface area contributed by atoms with E-state index in [0.717, 1.165) is 0 Å². The third kappa shape index (κ3) is 5.24. The summed E-state index contributed by atoms with van der Waals surface area (Å²) < 4.78 is 276. The summed E-state index contributed by atoms with van der Waals surface area (Å²) in [7, 11) is 0. The molecule has 0 radical (unpaired) electrons. The maximum absolute atomic E-state index is 13.6. The highest BCUT2D eigenvalue weighted by atomic mass is 35.8. The molecule has 0 aromatic heterocycles. The Hall–Kier alpha value is -0.383. The van der Waals surface area contributed by atoms with E-state index in [1.165, 1.54) is 0 Å². The molecule has 0 unspecified atom stereocenters. The molecule has 37 heavy (non-hydrogen) atoms. The standard InChI is InChI=1S/C12H4Cl3F21Si/c13-37(14,15)2-1-3(16,17)4(18,19)5(20,21)6(22,23)7(24,25)8(26,27)9(28,29)10(30,31)11(32,33)12(34,35)36/h1-2H2. The van der Waals surface area contributed by atoms with Crippen LogP contribution < -0.4 is 0 Å². The van der Waals surface area contributed by atoms with E-state index in [2.05, 4.69) is 0 Å². The third-order valence-corrected chi connectivity index (χ3v) is 6.82. The number of alkyl halides is 21. The Kier molecular flexibility index (Phi) is 9.24. The highest BCUT2D eigenvalue weighted by Gasteiger charge is 2.97. The quantitative estimate of drug-likeness (QED) is 0.116. The molecule has 0 amide bonds. The van der Waals surface area contributed by atoms with E-state index in [1.807, 2.05) is 0 Å². The molecule has 0 N–H and O–H groups in total. The predicted octanol–water partition coefficient (Wildman–Crippen LogP) is 9.31. The van der Waals surface area contributed by atoms with Crippen molar-refractivity contribution in [1.29, 1.82) is 0 Å². The van der Waals surface area contributed by atoms with Gasteiger partial charge in [0, 0.05) is 6.42 Å². The van der Waals surface area contributed by atoms with Crippen LogP contribution >= 0.6 is 33.2 Å². The molecule has 0 bridgehead atoms. The summed E-state index contributed by atoms with van der Waals surface area (Å²) in [6, 6.07) is -6.40. The maximum Gasteiger partial charge on any atom is 0.460 e. The maximum atomic E-state index is 13.6. The molecule has 0 nitrogen and oxygen atoms in total.